The lowest BCUT2D eigenvalue weighted by molar-refractivity contribution is -0.117. The number of aromatic nitrogens is 1. The number of carbonyl (C=O) groups is 1. The van der Waals surface area contributed by atoms with E-state index < -0.39 is 4.87 Å². The molecule has 1 aromatic heterocycles. The molecule has 4 nitrogen and oxygen atoms in total. The van der Waals surface area contributed by atoms with Crippen LogP contribution >= 0.6 is 46.3 Å². The van der Waals surface area contributed by atoms with Gasteiger partial charge >= 0.3 is 0 Å². The van der Waals surface area contributed by atoms with Crippen molar-refractivity contribution in [2.45, 2.75) is 24.0 Å². The van der Waals surface area contributed by atoms with Gasteiger partial charge in [-0.25, -0.2) is 4.98 Å². The number of hydrogen-bond donors (Lipinski definition) is 0. The molecule has 0 spiro atoms. The number of amides is 1. The highest BCUT2D eigenvalue weighted by Gasteiger charge is 2.51. The molecule has 27 heavy (non-hydrogen) atoms. The summed E-state index contributed by atoms with van der Waals surface area (Å²) in [6.45, 7) is 3.90. The van der Waals surface area contributed by atoms with Gasteiger partial charge in [0.25, 0.3) is 0 Å². The van der Waals surface area contributed by atoms with Gasteiger partial charge in [0.15, 0.2) is 5.13 Å². The third-order valence-corrected chi connectivity index (χ3v) is 7.58. The lowest BCUT2D eigenvalue weighted by Gasteiger charge is -2.33. The van der Waals surface area contributed by atoms with Crippen molar-refractivity contribution >= 4 is 67.6 Å². The number of thiazole rings is 1. The molecule has 4 rings (SSSR count). The van der Waals surface area contributed by atoms with Crippen molar-refractivity contribution in [1.82, 2.24) is 4.98 Å². The highest BCUT2D eigenvalue weighted by Crippen LogP contribution is 2.53. The zero-order valence-electron chi connectivity index (χ0n) is 14.8. The maximum Gasteiger partial charge on any atom is 0.243 e. The van der Waals surface area contributed by atoms with Gasteiger partial charge in [-0.05, 0) is 38.1 Å². The maximum absolute atomic E-state index is 13.1. The van der Waals surface area contributed by atoms with E-state index in [4.69, 9.17) is 32.9 Å². The number of hydrogen-bond acceptors (Lipinski definition) is 5. The number of nitrogens with zero attached hydrogens (tertiary/aromatic N) is 2. The van der Waals surface area contributed by atoms with Crippen LogP contribution in [-0.2, 0) is 9.67 Å². The van der Waals surface area contributed by atoms with E-state index in [9.17, 15) is 4.79 Å². The molecule has 2 heterocycles. The monoisotopic (exact) mass is 438 g/mol. The van der Waals surface area contributed by atoms with Crippen LogP contribution in [0.5, 0.6) is 5.75 Å². The highest BCUT2D eigenvalue weighted by atomic mass is 35.5. The van der Waals surface area contributed by atoms with E-state index in [0.29, 0.717) is 20.9 Å². The van der Waals surface area contributed by atoms with Crippen LogP contribution < -0.4 is 9.64 Å². The molecule has 1 fully saturated rings. The fourth-order valence-corrected chi connectivity index (χ4v) is 6.61. The van der Waals surface area contributed by atoms with Crippen molar-refractivity contribution in [2.24, 2.45) is 0 Å². The van der Waals surface area contributed by atoms with Gasteiger partial charge in [-0.2, -0.15) is 0 Å². The molecule has 140 valence electrons. The topological polar surface area (TPSA) is 42.4 Å². The second-order valence-electron chi connectivity index (χ2n) is 6.34. The fraction of sp³-hybridized carbons (Fsp3) is 0.263. The summed E-state index contributed by atoms with van der Waals surface area (Å²) in [5, 5.41) is 1.51. The first-order chi connectivity index (χ1) is 12.8. The molecule has 1 aliphatic heterocycles. The number of thioether (sulfide) groups is 1. The van der Waals surface area contributed by atoms with Crippen molar-refractivity contribution in [3.63, 3.8) is 0 Å². The summed E-state index contributed by atoms with van der Waals surface area (Å²) >= 11 is 15.6. The van der Waals surface area contributed by atoms with Gasteiger partial charge in [0.1, 0.15) is 16.1 Å². The molecule has 1 aliphatic rings. The highest BCUT2D eigenvalue weighted by molar-refractivity contribution is 8.02. The maximum atomic E-state index is 13.1. The van der Waals surface area contributed by atoms with Gasteiger partial charge in [0.2, 0.25) is 5.91 Å². The molecule has 1 saturated heterocycles. The Bertz CT molecular complexity index is 1060. The van der Waals surface area contributed by atoms with Crippen molar-refractivity contribution < 1.29 is 9.53 Å². The van der Waals surface area contributed by atoms with Crippen LogP contribution in [0.1, 0.15) is 19.4 Å². The minimum absolute atomic E-state index is 0.00606. The van der Waals surface area contributed by atoms with Gasteiger partial charge in [0, 0.05) is 15.6 Å². The number of halogens is 2. The smallest absolute Gasteiger partial charge is 0.243 e. The van der Waals surface area contributed by atoms with E-state index in [1.54, 1.807) is 35.9 Å². The summed E-state index contributed by atoms with van der Waals surface area (Å²) in [6.07, 6.45) is 0. The largest absolute Gasteiger partial charge is 0.494 e. The molecule has 2 unspecified atom stereocenters. The first kappa shape index (κ1) is 18.9. The van der Waals surface area contributed by atoms with Crippen LogP contribution in [-0.4, -0.2) is 23.3 Å². The third kappa shape index (κ3) is 2.99. The van der Waals surface area contributed by atoms with Crippen LogP contribution in [0.25, 0.3) is 10.2 Å². The lowest BCUT2D eigenvalue weighted by atomic mass is 10.1. The van der Waals surface area contributed by atoms with Gasteiger partial charge in [0.05, 0.1) is 17.1 Å². The first-order valence-electron chi connectivity index (χ1n) is 8.26. The summed E-state index contributed by atoms with van der Waals surface area (Å²) < 4.78 is 6.38. The number of para-hydroxylation sites is 1. The van der Waals surface area contributed by atoms with Crippen molar-refractivity contribution in [1.29, 1.82) is 0 Å². The summed E-state index contributed by atoms with van der Waals surface area (Å²) in [4.78, 5) is 18.9. The number of fused-ring (bicyclic) bond motifs is 1. The minimum Gasteiger partial charge on any atom is -0.494 e. The predicted octanol–water partition coefficient (Wildman–Crippen LogP) is 5.95. The van der Waals surface area contributed by atoms with Gasteiger partial charge < -0.3 is 4.74 Å². The summed E-state index contributed by atoms with van der Waals surface area (Å²) in [7, 11) is 1.62. The Kier molecular flexibility index (Phi) is 4.79. The molecular weight excluding hydrogens is 423 g/mol. The van der Waals surface area contributed by atoms with Gasteiger partial charge in [-0.15, -0.1) is 11.8 Å². The standard InChI is InChI=1S/C19H16Cl2N2O2S2/c1-10-17(24)23(18-22-16-14(25-3)5-4-6-15(16)26-18)19(2,27-10)12-8-7-11(20)9-13(12)21/h4-10H,1-3H3. The van der Waals surface area contributed by atoms with Gasteiger partial charge in [-0.3, -0.25) is 9.69 Å². The Morgan fingerprint density at radius 1 is 1.26 bits per heavy atom. The molecule has 3 aromatic rings. The summed E-state index contributed by atoms with van der Waals surface area (Å²) in [5.74, 6) is 0.695. The zero-order valence-corrected chi connectivity index (χ0v) is 18.0. The van der Waals surface area contributed by atoms with Crippen LogP contribution in [0.3, 0.4) is 0 Å². The van der Waals surface area contributed by atoms with E-state index in [-0.39, 0.29) is 11.2 Å². The van der Waals surface area contributed by atoms with Crippen molar-refractivity contribution in [2.75, 3.05) is 12.0 Å². The number of carbonyl (C=O) groups excluding carboxylic acids is 1. The fourth-order valence-electron chi connectivity index (χ4n) is 3.34. The number of methoxy groups -OCH3 is 1. The van der Waals surface area contributed by atoms with Crippen LogP contribution in [0.4, 0.5) is 5.13 Å². The molecule has 2 aromatic carbocycles. The second kappa shape index (κ2) is 6.85. The lowest BCUT2D eigenvalue weighted by Crippen LogP contribution is -2.40. The Morgan fingerprint density at radius 2 is 2.04 bits per heavy atom. The number of anilines is 1. The Hall–Kier alpha value is -1.47. The molecule has 8 heteroatoms. The molecule has 2 atom stereocenters. The first-order valence-corrected chi connectivity index (χ1v) is 10.7. The molecular formula is C19H16Cl2N2O2S2. The van der Waals surface area contributed by atoms with E-state index >= 15 is 0 Å². The summed E-state index contributed by atoms with van der Waals surface area (Å²) in [5.41, 5.74) is 1.59. The molecule has 0 aliphatic carbocycles. The molecule has 0 N–H and O–H groups in total. The van der Waals surface area contributed by atoms with Crippen LogP contribution in [0.2, 0.25) is 10.0 Å². The molecule has 1 amide bonds. The average molecular weight is 439 g/mol. The molecule has 0 radical (unpaired) electrons. The number of benzene rings is 2. The molecule has 0 bridgehead atoms. The SMILES string of the molecule is COc1cccc2sc(N3C(=O)C(C)SC3(C)c3ccc(Cl)cc3Cl)nc12. The van der Waals surface area contributed by atoms with Crippen LogP contribution in [0, 0.1) is 0 Å². The third-order valence-electron chi connectivity index (χ3n) is 4.61. The average Bonchev–Trinajstić information content (AvgIpc) is 3.13. The summed E-state index contributed by atoms with van der Waals surface area (Å²) in [6, 6.07) is 11.1. The Morgan fingerprint density at radius 3 is 2.74 bits per heavy atom. The molecule has 0 saturated carbocycles. The quantitative estimate of drug-likeness (QED) is 0.506. The van der Waals surface area contributed by atoms with Gasteiger partial charge in [-0.1, -0.05) is 46.7 Å². The van der Waals surface area contributed by atoms with E-state index in [0.717, 1.165) is 15.8 Å². The zero-order chi connectivity index (χ0) is 19.3. The van der Waals surface area contributed by atoms with Crippen LogP contribution in [0.15, 0.2) is 36.4 Å². The van der Waals surface area contributed by atoms with E-state index in [2.05, 4.69) is 0 Å². The van der Waals surface area contributed by atoms with Crippen molar-refractivity contribution in [3.05, 3.63) is 52.0 Å². The Labute approximate surface area is 175 Å². The Balaban J connectivity index is 1.90. The second-order valence-corrected chi connectivity index (χ2v) is 9.93. The van der Waals surface area contributed by atoms with E-state index in [1.807, 2.05) is 38.1 Å². The van der Waals surface area contributed by atoms with E-state index in [1.165, 1.54) is 11.3 Å². The number of rotatable bonds is 3. The predicted molar refractivity (Wildman–Crippen MR) is 115 cm³/mol. The van der Waals surface area contributed by atoms with Crippen molar-refractivity contribution in [3.8, 4) is 5.75 Å². The normalized spacial score (nSPS) is 22.6. The number of ether oxygens (including phenoxy) is 1. The minimum atomic E-state index is -0.681.